The molecule has 0 bridgehead atoms. The Labute approximate surface area is 114 Å². The van der Waals surface area contributed by atoms with E-state index in [1.54, 1.807) is 6.92 Å². The van der Waals surface area contributed by atoms with Gasteiger partial charge < -0.3 is 14.5 Å². The van der Waals surface area contributed by atoms with Crippen LogP contribution < -0.4 is 5.32 Å². The number of thioether (sulfide) groups is 2. The molecule has 1 aliphatic heterocycles. The van der Waals surface area contributed by atoms with E-state index >= 15 is 0 Å². The zero-order valence-corrected chi connectivity index (χ0v) is 11.8. The number of anilines is 1. The summed E-state index contributed by atoms with van der Waals surface area (Å²) in [6, 6.07) is 0.384. The molecule has 2 heterocycles. The van der Waals surface area contributed by atoms with Gasteiger partial charge in [-0.25, -0.2) is 4.79 Å². The Bertz CT molecular complexity index is 391. The Balaban J connectivity index is 1.80. The van der Waals surface area contributed by atoms with Crippen LogP contribution in [-0.4, -0.2) is 46.6 Å². The summed E-state index contributed by atoms with van der Waals surface area (Å²) >= 11 is 3.93. The van der Waals surface area contributed by atoms with Crippen LogP contribution in [0.3, 0.4) is 0 Å². The molecular formula is C11H16N2O3S2. The maximum absolute atomic E-state index is 11.4. The van der Waals surface area contributed by atoms with Gasteiger partial charge in [0.25, 0.3) is 6.01 Å². The van der Waals surface area contributed by atoms with Crippen molar-refractivity contribution < 1.29 is 13.9 Å². The normalized spacial score (nSPS) is 19.5. The van der Waals surface area contributed by atoms with Crippen LogP contribution in [0.4, 0.5) is 6.01 Å². The summed E-state index contributed by atoms with van der Waals surface area (Å²) in [6.45, 7) is 2.90. The minimum atomic E-state index is -0.447. The predicted molar refractivity (Wildman–Crippen MR) is 74.5 cm³/mol. The highest BCUT2D eigenvalue weighted by molar-refractivity contribution is 8.06. The Hall–Kier alpha value is -0.820. The molecule has 1 aromatic heterocycles. The first-order valence-electron chi connectivity index (χ1n) is 5.85. The highest BCUT2D eigenvalue weighted by Gasteiger charge is 2.16. The molecule has 7 heteroatoms. The van der Waals surface area contributed by atoms with Crippen molar-refractivity contribution in [3.8, 4) is 0 Å². The quantitative estimate of drug-likeness (QED) is 0.832. The van der Waals surface area contributed by atoms with Crippen molar-refractivity contribution in [1.29, 1.82) is 0 Å². The van der Waals surface area contributed by atoms with Gasteiger partial charge in [-0.15, -0.1) is 0 Å². The third-order valence-corrected chi connectivity index (χ3v) is 5.20. The Kier molecular flexibility index (Phi) is 5.25. The van der Waals surface area contributed by atoms with E-state index in [0.29, 0.717) is 17.9 Å². The van der Waals surface area contributed by atoms with Crippen molar-refractivity contribution in [3.05, 3.63) is 12.0 Å². The van der Waals surface area contributed by atoms with E-state index in [2.05, 4.69) is 10.3 Å². The summed E-state index contributed by atoms with van der Waals surface area (Å²) in [6.07, 6.45) is 1.32. The molecule has 0 radical (unpaired) electrons. The molecule has 18 heavy (non-hydrogen) atoms. The van der Waals surface area contributed by atoms with Crippen molar-refractivity contribution in [2.75, 3.05) is 35.7 Å². The monoisotopic (exact) mass is 288 g/mol. The number of nitrogens with zero attached hydrogens (tertiary/aromatic N) is 1. The van der Waals surface area contributed by atoms with E-state index in [1.165, 1.54) is 17.8 Å². The average Bonchev–Trinajstić information content (AvgIpc) is 2.87. The zero-order chi connectivity index (χ0) is 12.8. The van der Waals surface area contributed by atoms with Gasteiger partial charge in [0.2, 0.25) is 0 Å². The molecule has 1 aliphatic rings. The third kappa shape index (κ3) is 3.84. The number of nitrogens with one attached hydrogen (secondary N) is 1. The van der Waals surface area contributed by atoms with Crippen LogP contribution in [0.5, 0.6) is 0 Å². The largest absolute Gasteiger partial charge is 0.461 e. The Morgan fingerprint density at radius 1 is 1.67 bits per heavy atom. The molecule has 1 N–H and O–H groups in total. The fourth-order valence-electron chi connectivity index (χ4n) is 1.51. The maximum atomic E-state index is 11.4. The first kappa shape index (κ1) is 13.6. The highest BCUT2D eigenvalue weighted by atomic mass is 32.2. The van der Waals surface area contributed by atoms with Gasteiger partial charge in [0, 0.05) is 29.1 Å². The molecule has 1 unspecified atom stereocenters. The summed E-state index contributed by atoms with van der Waals surface area (Å²) in [7, 11) is 0. The summed E-state index contributed by atoms with van der Waals surface area (Å²) in [5.41, 5.74) is 0.213. The molecule has 0 amide bonds. The standard InChI is InChI=1S/C11H16N2O3S2/c1-2-15-10(14)9-6-16-11(13-9)12-5-8-7-17-3-4-18-8/h6,8H,2-5,7H2,1H3,(H,12,13). The lowest BCUT2D eigenvalue weighted by molar-refractivity contribution is 0.0519. The first-order valence-corrected chi connectivity index (χ1v) is 8.05. The number of rotatable bonds is 5. The summed E-state index contributed by atoms with van der Waals surface area (Å²) in [5.74, 6) is 3.12. The van der Waals surface area contributed by atoms with E-state index in [0.717, 1.165) is 12.3 Å². The molecule has 0 aliphatic carbocycles. The molecule has 1 aromatic rings. The number of carbonyl (C=O) groups excluding carboxylic acids is 1. The molecule has 0 saturated carbocycles. The van der Waals surface area contributed by atoms with Gasteiger partial charge in [0.1, 0.15) is 6.26 Å². The fourth-order valence-corrected chi connectivity index (χ4v) is 4.12. The molecule has 100 valence electrons. The van der Waals surface area contributed by atoms with Crippen LogP contribution in [-0.2, 0) is 4.74 Å². The average molecular weight is 288 g/mol. The molecule has 1 saturated heterocycles. The minimum absolute atomic E-state index is 0.213. The van der Waals surface area contributed by atoms with Crippen LogP contribution in [0, 0.1) is 0 Å². The van der Waals surface area contributed by atoms with Gasteiger partial charge in [0.15, 0.2) is 5.69 Å². The second-order valence-corrected chi connectivity index (χ2v) is 6.27. The molecule has 0 aromatic carbocycles. The SMILES string of the molecule is CCOC(=O)c1coc(NCC2CSCCS2)n1. The predicted octanol–water partition coefficient (Wildman–Crippen LogP) is 2.11. The van der Waals surface area contributed by atoms with Crippen LogP contribution in [0.25, 0.3) is 0 Å². The zero-order valence-electron chi connectivity index (χ0n) is 10.2. The smallest absolute Gasteiger partial charge is 0.360 e. The van der Waals surface area contributed by atoms with Crippen molar-refractivity contribution in [2.24, 2.45) is 0 Å². The second-order valence-electron chi connectivity index (χ2n) is 3.71. The lowest BCUT2D eigenvalue weighted by Gasteiger charge is -2.20. The molecule has 2 rings (SSSR count). The van der Waals surface area contributed by atoms with Gasteiger partial charge in [0.05, 0.1) is 6.61 Å². The van der Waals surface area contributed by atoms with Crippen molar-refractivity contribution in [2.45, 2.75) is 12.2 Å². The number of aromatic nitrogens is 1. The van der Waals surface area contributed by atoms with E-state index in [4.69, 9.17) is 9.15 Å². The Morgan fingerprint density at radius 3 is 3.28 bits per heavy atom. The molecule has 1 fully saturated rings. The van der Waals surface area contributed by atoms with Crippen LogP contribution in [0.15, 0.2) is 10.7 Å². The van der Waals surface area contributed by atoms with Gasteiger partial charge in [-0.05, 0) is 6.92 Å². The molecule has 1 atom stereocenters. The van der Waals surface area contributed by atoms with E-state index < -0.39 is 5.97 Å². The minimum Gasteiger partial charge on any atom is -0.461 e. The number of carbonyl (C=O) groups is 1. The fraction of sp³-hybridized carbons (Fsp3) is 0.636. The lowest BCUT2D eigenvalue weighted by Crippen LogP contribution is -2.23. The lowest BCUT2D eigenvalue weighted by atomic mass is 10.5. The number of esters is 1. The first-order chi connectivity index (χ1) is 8.79. The van der Waals surface area contributed by atoms with Crippen LogP contribution in [0.2, 0.25) is 0 Å². The van der Waals surface area contributed by atoms with Crippen molar-refractivity contribution in [3.63, 3.8) is 0 Å². The van der Waals surface area contributed by atoms with Gasteiger partial charge in [-0.2, -0.15) is 28.5 Å². The summed E-state index contributed by atoms with van der Waals surface area (Å²) < 4.78 is 10.0. The highest BCUT2D eigenvalue weighted by Crippen LogP contribution is 2.24. The number of oxazole rings is 1. The summed E-state index contributed by atoms with van der Waals surface area (Å²) in [5, 5.41) is 3.68. The second kappa shape index (κ2) is 6.94. The Morgan fingerprint density at radius 2 is 2.56 bits per heavy atom. The molecule has 0 spiro atoms. The number of hydrogen-bond acceptors (Lipinski definition) is 7. The third-order valence-electron chi connectivity index (χ3n) is 2.35. The van der Waals surface area contributed by atoms with Gasteiger partial charge in [-0.3, -0.25) is 0 Å². The van der Waals surface area contributed by atoms with Crippen LogP contribution >= 0.6 is 23.5 Å². The maximum Gasteiger partial charge on any atom is 0.360 e. The van der Waals surface area contributed by atoms with Gasteiger partial charge >= 0.3 is 5.97 Å². The molecular weight excluding hydrogens is 272 g/mol. The van der Waals surface area contributed by atoms with E-state index in [9.17, 15) is 4.79 Å². The number of hydrogen-bond donors (Lipinski definition) is 1. The van der Waals surface area contributed by atoms with Gasteiger partial charge in [-0.1, -0.05) is 0 Å². The molecule has 5 nitrogen and oxygen atoms in total. The van der Waals surface area contributed by atoms with E-state index in [-0.39, 0.29) is 5.69 Å². The summed E-state index contributed by atoms with van der Waals surface area (Å²) in [4.78, 5) is 15.4. The van der Waals surface area contributed by atoms with E-state index in [1.807, 2.05) is 23.5 Å². The topological polar surface area (TPSA) is 64.4 Å². The van der Waals surface area contributed by atoms with Crippen molar-refractivity contribution >= 4 is 35.5 Å². The van der Waals surface area contributed by atoms with Crippen LogP contribution in [0.1, 0.15) is 17.4 Å². The number of ether oxygens (including phenoxy) is 1. The van der Waals surface area contributed by atoms with Crippen molar-refractivity contribution in [1.82, 2.24) is 4.98 Å².